The van der Waals surface area contributed by atoms with Crippen molar-refractivity contribution in [1.29, 1.82) is 0 Å². The molecular weight excluding hydrogens is 446 g/mol. The van der Waals surface area contributed by atoms with Crippen molar-refractivity contribution in [1.82, 2.24) is 10.6 Å². The maximum absolute atomic E-state index is 13.1. The molecule has 180 valence electrons. The van der Waals surface area contributed by atoms with Gasteiger partial charge in [-0.1, -0.05) is 48.5 Å². The minimum absolute atomic E-state index is 0.00142. The number of hydrogen-bond acceptors (Lipinski definition) is 4. The molecule has 0 radical (unpaired) electrons. The highest BCUT2D eigenvalue weighted by Crippen LogP contribution is 2.44. The van der Waals surface area contributed by atoms with Crippen molar-refractivity contribution in [3.8, 4) is 11.1 Å². The van der Waals surface area contributed by atoms with Crippen LogP contribution in [-0.2, 0) is 14.3 Å². The van der Waals surface area contributed by atoms with Gasteiger partial charge in [-0.3, -0.25) is 4.79 Å². The van der Waals surface area contributed by atoms with Crippen LogP contribution < -0.4 is 10.6 Å². The molecule has 0 aromatic heterocycles. The first-order chi connectivity index (χ1) is 16.2. The van der Waals surface area contributed by atoms with E-state index in [1.807, 2.05) is 41.7 Å². The number of fused-ring (bicyclic) bond motifs is 3. The Bertz CT molecular complexity index is 1040. The molecule has 2 aromatic carbocycles. The van der Waals surface area contributed by atoms with Crippen LogP contribution >= 0.6 is 0 Å². The number of halogens is 2. The number of ether oxygens (including phenoxy) is 1. The van der Waals surface area contributed by atoms with Crippen LogP contribution in [0.25, 0.3) is 11.1 Å². The standard InChI is InChI=1S/C25H26F2N2O5/c26-25(27,23(31)32)14-28-22(30)12-15-9-10-16(11-15)29-24(33)34-13-21-19-7-3-1-5-17(19)18-6-2-4-8-20(18)21/h1-8,15-16,21H,9-14H2,(H,28,30)(H,29,33)(H,31,32). The van der Waals surface area contributed by atoms with Crippen molar-refractivity contribution < 1.29 is 33.0 Å². The van der Waals surface area contributed by atoms with Crippen molar-refractivity contribution in [3.63, 3.8) is 0 Å². The molecule has 2 unspecified atom stereocenters. The Morgan fingerprint density at radius 3 is 2.24 bits per heavy atom. The zero-order valence-corrected chi connectivity index (χ0v) is 18.4. The van der Waals surface area contributed by atoms with Gasteiger partial charge in [0, 0.05) is 18.4 Å². The molecule has 0 spiro atoms. The van der Waals surface area contributed by atoms with Crippen LogP contribution in [0.2, 0.25) is 0 Å². The van der Waals surface area contributed by atoms with E-state index in [0.717, 1.165) is 22.3 Å². The number of nitrogens with one attached hydrogen (secondary N) is 2. The van der Waals surface area contributed by atoms with Crippen molar-refractivity contribution in [2.45, 2.75) is 43.6 Å². The van der Waals surface area contributed by atoms with Crippen molar-refractivity contribution in [2.24, 2.45) is 5.92 Å². The summed E-state index contributed by atoms with van der Waals surface area (Å²) in [6.07, 6.45) is 1.29. The van der Waals surface area contributed by atoms with E-state index in [0.29, 0.717) is 19.3 Å². The number of carboxylic acids is 1. The molecule has 1 saturated carbocycles. The summed E-state index contributed by atoms with van der Waals surface area (Å²) in [7, 11) is 0. The largest absolute Gasteiger partial charge is 0.477 e. The molecule has 0 bridgehead atoms. The molecule has 2 amide bonds. The van der Waals surface area contributed by atoms with Crippen LogP contribution in [0.4, 0.5) is 13.6 Å². The lowest BCUT2D eigenvalue weighted by Crippen LogP contribution is -2.42. The molecule has 1 fully saturated rings. The molecule has 2 aliphatic carbocycles. The van der Waals surface area contributed by atoms with Gasteiger partial charge in [-0.15, -0.1) is 0 Å². The number of carboxylic acid groups (broad SMARTS) is 1. The highest BCUT2D eigenvalue weighted by Gasteiger charge is 2.39. The number of rotatable bonds is 8. The van der Waals surface area contributed by atoms with Crippen molar-refractivity contribution in [2.75, 3.05) is 13.2 Å². The summed E-state index contributed by atoms with van der Waals surface area (Å²) in [6.45, 7) is -1.04. The molecule has 0 aliphatic heterocycles. The zero-order valence-electron chi connectivity index (χ0n) is 18.4. The summed E-state index contributed by atoms with van der Waals surface area (Å²) in [5.74, 6) is -7.03. The molecule has 34 heavy (non-hydrogen) atoms. The minimum Gasteiger partial charge on any atom is -0.477 e. The van der Waals surface area contributed by atoms with Gasteiger partial charge in [-0.2, -0.15) is 8.78 Å². The number of amides is 2. The van der Waals surface area contributed by atoms with Gasteiger partial charge in [0.15, 0.2) is 0 Å². The van der Waals surface area contributed by atoms with Gasteiger partial charge < -0.3 is 20.5 Å². The number of aliphatic carboxylic acids is 1. The van der Waals surface area contributed by atoms with Gasteiger partial charge in [0.05, 0.1) is 6.54 Å². The van der Waals surface area contributed by atoms with E-state index in [9.17, 15) is 23.2 Å². The van der Waals surface area contributed by atoms with E-state index in [1.165, 1.54) is 0 Å². The van der Waals surface area contributed by atoms with Crippen LogP contribution in [0.15, 0.2) is 48.5 Å². The van der Waals surface area contributed by atoms with Crippen molar-refractivity contribution in [3.05, 3.63) is 59.7 Å². The van der Waals surface area contributed by atoms with Crippen LogP contribution in [0.1, 0.15) is 42.7 Å². The van der Waals surface area contributed by atoms with E-state index in [-0.39, 0.29) is 30.9 Å². The van der Waals surface area contributed by atoms with Gasteiger partial charge in [0.1, 0.15) is 6.61 Å². The molecule has 0 heterocycles. The fourth-order valence-corrected chi connectivity index (χ4v) is 4.82. The van der Waals surface area contributed by atoms with E-state index in [4.69, 9.17) is 9.84 Å². The highest BCUT2D eigenvalue weighted by atomic mass is 19.3. The predicted octanol–water partition coefficient (Wildman–Crippen LogP) is 3.92. The molecular formula is C25H26F2N2O5. The molecule has 2 atom stereocenters. The van der Waals surface area contributed by atoms with E-state index >= 15 is 0 Å². The van der Waals surface area contributed by atoms with Gasteiger partial charge in [-0.05, 0) is 47.4 Å². The highest BCUT2D eigenvalue weighted by molar-refractivity contribution is 5.80. The maximum Gasteiger partial charge on any atom is 0.407 e. The van der Waals surface area contributed by atoms with Gasteiger partial charge in [0.2, 0.25) is 5.91 Å². The molecule has 3 N–H and O–H groups in total. The summed E-state index contributed by atoms with van der Waals surface area (Å²) in [5, 5.41) is 13.2. The number of alkyl carbamates (subject to hydrolysis) is 1. The smallest absolute Gasteiger partial charge is 0.407 e. The van der Waals surface area contributed by atoms with Crippen LogP contribution in [-0.4, -0.2) is 48.2 Å². The molecule has 7 nitrogen and oxygen atoms in total. The first-order valence-corrected chi connectivity index (χ1v) is 11.2. The quantitative estimate of drug-likeness (QED) is 0.540. The van der Waals surface area contributed by atoms with Gasteiger partial charge in [0.25, 0.3) is 0 Å². The SMILES string of the molecule is O=C(CC1CCC(NC(=O)OCC2c3ccccc3-c3ccccc32)C1)NCC(F)(F)C(=O)O. The zero-order chi connectivity index (χ0) is 24.3. The topological polar surface area (TPSA) is 105 Å². The summed E-state index contributed by atoms with van der Waals surface area (Å²) in [4.78, 5) is 34.8. The monoisotopic (exact) mass is 472 g/mol. The third-order valence-corrected chi connectivity index (χ3v) is 6.50. The Balaban J connectivity index is 1.24. The fraction of sp³-hybridized carbons (Fsp3) is 0.400. The lowest BCUT2D eigenvalue weighted by Gasteiger charge is -2.17. The van der Waals surface area contributed by atoms with E-state index < -0.39 is 30.4 Å². The van der Waals surface area contributed by atoms with Crippen molar-refractivity contribution >= 4 is 18.0 Å². The Kier molecular flexibility index (Phi) is 6.81. The second-order valence-electron chi connectivity index (χ2n) is 8.84. The first-order valence-electron chi connectivity index (χ1n) is 11.2. The number of hydrogen-bond donors (Lipinski definition) is 3. The third-order valence-electron chi connectivity index (χ3n) is 6.50. The van der Waals surface area contributed by atoms with Crippen LogP contribution in [0, 0.1) is 5.92 Å². The average molecular weight is 472 g/mol. The fourth-order valence-electron chi connectivity index (χ4n) is 4.82. The Hall–Kier alpha value is -3.49. The maximum atomic E-state index is 13.1. The summed E-state index contributed by atoms with van der Waals surface area (Å²) in [6, 6.07) is 15.9. The van der Waals surface area contributed by atoms with Crippen LogP contribution in [0.5, 0.6) is 0 Å². The number of carbonyl (C=O) groups excluding carboxylic acids is 2. The third kappa shape index (κ3) is 5.18. The lowest BCUT2D eigenvalue weighted by molar-refractivity contribution is -0.164. The molecule has 2 aliphatic rings. The van der Waals surface area contributed by atoms with Gasteiger partial charge in [-0.25, -0.2) is 9.59 Å². The molecule has 9 heteroatoms. The Morgan fingerprint density at radius 1 is 1.00 bits per heavy atom. The van der Waals surface area contributed by atoms with E-state index in [1.54, 1.807) is 0 Å². The van der Waals surface area contributed by atoms with Gasteiger partial charge >= 0.3 is 18.0 Å². The normalized spacial score (nSPS) is 19.2. The second kappa shape index (κ2) is 9.79. The Labute approximate surface area is 195 Å². The summed E-state index contributed by atoms with van der Waals surface area (Å²) in [5.41, 5.74) is 4.53. The number of benzene rings is 2. The minimum atomic E-state index is -4.00. The summed E-state index contributed by atoms with van der Waals surface area (Å²) < 4.78 is 31.7. The first kappa shape index (κ1) is 23.7. The molecule has 4 rings (SSSR count). The molecule has 2 aromatic rings. The number of alkyl halides is 2. The number of carbonyl (C=O) groups is 3. The molecule has 0 saturated heterocycles. The Morgan fingerprint density at radius 2 is 1.62 bits per heavy atom. The van der Waals surface area contributed by atoms with E-state index in [2.05, 4.69) is 17.4 Å². The summed E-state index contributed by atoms with van der Waals surface area (Å²) >= 11 is 0. The average Bonchev–Trinajstić information content (AvgIpc) is 3.38. The lowest BCUT2D eigenvalue weighted by atomic mass is 9.98. The second-order valence-corrected chi connectivity index (χ2v) is 8.84. The van der Waals surface area contributed by atoms with Crippen LogP contribution in [0.3, 0.4) is 0 Å². The predicted molar refractivity (Wildman–Crippen MR) is 120 cm³/mol.